The first-order valence-corrected chi connectivity index (χ1v) is 7.41. The lowest BCUT2D eigenvalue weighted by atomic mass is 10.1. The van der Waals surface area contributed by atoms with Gasteiger partial charge in [0.1, 0.15) is 5.52 Å². The van der Waals surface area contributed by atoms with Gasteiger partial charge in [0.05, 0.1) is 5.69 Å². The molecule has 1 aliphatic rings. The van der Waals surface area contributed by atoms with Crippen LogP contribution in [0.25, 0.3) is 11.0 Å². The number of carbonyl (C=O) groups is 1. The first-order chi connectivity index (χ1) is 10.8. The molecular weight excluding hydrogens is 282 g/mol. The van der Waals surface area contributed by atoms with Crippen LogP contribution in [0.1, 0.15) is 41.0 Å². The summed E-state index contributed by atoms with van der Waals surface area (Å²) >= 11 is 0. The van der Waals surface area contributed by atoms with Crippen LogP contribution >= 0.6 is 0 Å². The van der Waals surface area contributed by atoms with E-state index in [1.807, 2.05) is 0 Å². The van der Waals surface area contributed by atoms with Crippen molar-refractivity contribution in [2.75, 3.05) is 5.32 Å². The molecule has 0 spiro atoms. The number of hydrogen-bond acceptors (Lipinski definition) is 5. The molecular formula is C15H15N5O2. The monoisotopic (exact) mass is 297 g/mol. The number of aromatic nitrogens is 4. The molecule has 2 heterocycles. The number of aromatic amines is 1. The highest BCUT2D eigenvalue weighted by Gasteiger charge is 2.21. The number of H-pyrrole nitrogens is 1. The van der Waals surface area contributed by atoms with E-state index in [9.17, 15) is 4.79 Å². The summed E-state index contributed by atoms with van der Waals surface area (Å²) in [6.07, 6.45) is 5.27. The quantitative estimate of drug-likeness (QED) is 0.708. The number of nitrogens with one attached hydrogen (secondary N) is 2. The Hall–Kier alpha value is -2.70. The molecule has 0 fully saturated rings. The van der Waals surface area contributed by atoms with E-state index in [2.05, 4.69) is 25.8 Å². The maximum Gasteiger partial charge on any atom is 0.276 e. The van der Waals surface area contributed by atoms with E-state index in [-0.39, 0.29) is 5.91 Å². The molecule has 1 amide bonds. The van der Waals surface area contributed by atoms with Gasteiger partial charge < -0.3 is 5.32 Å². The molecule has 2 aromatic heterocycles. The van der Waals surface area contributed by atoms with E-state index >= 15 is 0 Å². The maximum atomic E-state index is 12.6. The van der Waals surface area contributed by atoms with Gasteiger partial charge in [-0.2, -0.15) is 5.10 Å². The molecule has 112 valence electrons. The summed E-state index contributed by atoms with van der Waals surface area (Å²) in [7, 11) is 0. The van der Waals surface area contributed by atoms with Crippen molar-refractivity contribution in [2.45, 2.75) is 32.1 Å². The Kier molecular flexibility index (Phi) is 3.10. The maximum absolute atomic E-state index is 12.6. The fraction of sp³-hybridized carbons (Fsp3) is 0.333. The minimum atomic E-state index is -0.227. The van der Waals surface area contributed by atoms with Crippen LogP contribution in [0.2, 0.25) is 0 Å². The highest BCUT2D eigenvalue weighted by atomic mass is 16.6. The lowest BCUT2D eigenvalue weighted by Gasteiger charge is -2.05. The number of fused-ring (bicyclic) bond motifs is 2. The van der Waals surface area contributed by atoms with Gasteiger partial charge in [0.2, 0.25) is 0 Å². The number of anilines is 1. The lowest BCUT2D eigenvalue weighted by molar-refractivity contribution is 0.102. The predicted molar refractivity (Wildman–Crippen MR) is 79.6 cm³/mol. The fourth-order valence-electron chi connectivity index (χ4n) is 2.93. The molecule has 7 nitrogen and oxygen atoms in total. The van der Waals surface area contributed by atoms with Gasteiger partial charge in [0.15, 0.2) is 11.2 Å². The highest BCUT2D eigenvalue weighted by Crippen LogP contribution is 2.24. The van der Waals surface area contributed by atoms with Crippen LogP contribution in [-0.4, -0.2) is 26.4 Å². The number of amides is 1. The standard InChI is InChI=1S/C15H15N5O2/c21-15(13-9-5-2-1-3-6-10(9)17-18-13)16-11-7-4-8-12-14(11)20-22-19-12/h4,7-8H,1-3,5-6H2,(H,16,21)(H,17,18). The largest absolute Gasteiger partial charge is 0.318 e. The van der Waals surface area contributed by atoms with Crippen LogP contribution < -0.4 is 5.32 Å². The van der Waals surface area contributed by atoms with E-state index in [1.165, 1.54) is 6.42 Å². The molecule has 0 saturated heterocycles. The normalized spacial score (nSPS) is 14.5. The molecule has 2 N–H and O–H groups in total. The van der Waals surface area contributed by atoms with Crippen molar-refractivity contribution < 1.29 is 9.42 Å². The first kappa shape index (κ1) is 13.0. The van der Waals surface area contributed by atoms with Crippen LogP contribution in [0, 0.1) is 0 Å². The lowest BCUT2D eigenvalue weighted by Crippen LogP contribution is -2.15. The number of benzene rings is 1. The van der Waals surface area contributed by atoms with E-state index in [0.717, 1.165) is 36.9 Å². The van der Waals surface area contributed by atoms with Crippen molar-refractivity contribution in [1.29, 1.82) is 0 Å². The first-order valence-electron chi connectivity index (χ1n) is 7.41. The molecule has 3 aromatic rings. The van der Waals surface area contributed by atoms with Gasteiger partial charge in [0, 0.05) is 11.3 Å². The number of carbonyl (C=O) groups excluding carboxylic acids is 1. The minimum absolute atomic E-state index is 0.227. The number of nitrogens with zero attached hydrogens (tertiary/aromatic N) is 3. The molecule has 0 aliphatic heterocycles. The molecule has 0 radical (unpaired) electrons. The zero-order valence-corrected chi connectivity index (χ0v) is 11.9. The summed E-state index contributed by atoms with van der Waals surface area (Å²) in [5.74, 6) is -0.227. The molecule has 22 heavy (non-hydrogen) atoms. The Morgan fingerprint density at radius 2 is 2.09 bits per heavy atom. The summed E-state index contributed by atoms with van der Waals surface area (Å²) < 4.78 is 4.71. The average Bonchev–Trinajstić information content (AvgIpc) is 3.09. The predicted octanol–water partition coefficient (Wildman–Crippen LogP) is 2.47. The van der Waals surface area contributed by atoms with Gasteiger partial charge in [-0.05, 0) is 48.1 Å². The van der Waals surface area contributed by atoms with Gasteiger partial charge in [-0.25, -0.2) is 4.63 Å². The van der Waals surface area contributed by atoms with Crippen molar-refractivity contribution in [3.8, 4) is 0 Å². The zero-order chi connectivity index (χ0) is 14.9. The molecule has 0 unspecified atom stereocenters. The molecule has 1 aliphatic carbocycles. The molecule has 0 atom stereocenters. The van der Waals surface area contributed by atoms with Gasteiger partial charge in [0.25, 0.3) is 5.91 Å². The van der Waals surface area contributed by atoms with Crippen molar-refractivity contribution in [3.05, 3.63) is 35.2 Å². The van der Waals surface area contributed by atoms with Crippen LogP contribution in [0.15, 0.2) is 22.8 Å². The Morgan fingerprint density at radius 3 is 3.05 bits per heavy atom. The van der Waals surface area contributed by atoms with E-state index in [4.69, 9.17) is 4.63 Å². The number of hydrogen-bond donors (Lipinski definition) is 2. The summed E-state index contributed by atoms with van der Waals surface area (Å²) in [5.41, 5.74) is 4.33. The van der Waals surface area contributed by atoms with Gasteiger partial charge in [-0.1, -0.05) is 12.5 Å². The second kappa shape index (κ2) is 5.25. The third kappa shape index (κ3) is 2.14. The Labute approximate surface area is 126 Å². The molecule has 7 heteroatoms. The number of rotatable bonds is 2. The third-order valence-electron chi connectivity index (χ3n) is 4.06. The van der Waals surface area contributed by atoms with E-state index in [1.54, 1.807) is 18.2 Å². The molecule has 4 rings (SSSR count). The molecule has 0 saturated carbocycles. The average molecular weight is 297 g/mol. The highest BCUT2D eigenvalue weighted by molar-refractivity contribution is 6.07. The Bertz CT molecular complexity index is 835. The zero-order valence-electron chi connectivity index (χ0n) is 11.9. The minimum Gasteiger partial charge on any atom is -0.318 e. The van der Waals surface area contributed by atoms with Crippen molar-refractivity contribution in [3.63, 3.8) is 0 Å². The van der Waals surface area contributed by atoms with Crippen molar-refractivity contribution in [1.82, 2.24) is 20.5 Å². The second-order valence-electron chi connectivity index (χ2n) is 5.48. The smallest absolute Gasteiger partial charge is 0.276 e. The Balaban J connectivity index is 1.65. The summed E-state index contributed by atoms with van der Waals surface area (Å²) in [4.78, 5) is 12.6. The van der Waals surface area contributed by atoms with Gasteiger partial charge in [-0.3, -0.25) is 9.89 Å². The van der Waals surface area contributed by atoms with Crippen LogP contribution in [0.3, 0.4) is 0 Å². The van der Waals surface area contributed by atoms with Crippen LogP contribution in [0.5, 0.6) is 0 Å². The summed E-state index contributed by atoms with van der Waals surface area (Å²) in [6, 6.07) is 5.35. The van der Waals surface area contributed by atoms with E-state index < -0.39 is 0 Å². The van der Waals surface area contributed by atoms with Gasteiger partial charge in [-0.15, -0.1) is 0 Å². The molecule has 0 bridgehead atoms. The molecule has 1 aromatic carbocycles. The van der Waals surface area contributed by atoms with E-state index in [0.29, 0.717) is 22.4 Å². The van der Waals surface area contributed by atoms with Crippen molar-refractivity contribution >= 4 is 22.6 Å². The van der Waals surface area contributed by atoms with Crippen LogP contribution in [-0.2, 0) is 12.8 Å². The van der Waals surface area contributed by atoms with Gasteiger partial charge >= 0.3 is 0 Å². The SMILES string of the molecule is O=C(Nc1cccc2nonc12)c1n[nH]c2c1CCCCC2. The number of aryl methyl sites for hydroxylation is 1. The fourth-order valence-corrected chi connectivity index (χ4v) is 2.93. The topological polar surface area (TPSA) is 96.7 Å². The second-order valence-corrected chi connectivity index (χ2v) is 5.48. The Morgan fingerprint density at radius 1 is 1.18 bits per heavy atom. The summed E-state index contributed by atoms with van der Waals surface area (Å²) in [6.45, 7) is 0. The van der Waals surface area contributed by atoms with Crippen LogP contribution in [0.4, 0.5) is 5.69 Å². The summed E-state index contributed by atoms with van der Waals surface area (Å²) in [5, 5.41) is 17.7. The third-order valence-corrected chi connectivity index (χ3v) is 4.06. The van der Waals surface area contributed by atoms with Crippen molar-refractivity contribution in [2.24, 2.45) is 0 Å².